The van der Waals surface area contributed by atoms with Gasteiger partial charge >= 0.3 is 0 Å². The van der Waals surface area contributed by atoms with Crippen LogP contribution in [0.25, 0.3) is 6.08 Å². The van der Waals surface area contributed by atoms with Crippen molar-refractivity contribution in [2.75, 3.05) is 16.8 Å². The third-order valence-electron chi connectivity index (χ3n) is 6.33. The molecule has 6 heteroatoms. The van der Waals surface area contributed by atoms with Crippen LogP contribution in [0.15, 0.2) is 84.9 Å². The van der Waals surface area contributed by atoms with Crippen LogP contribution in [0.1, 0.15) is 49.4 Å². The molecule has 0 spiro atoms. The minimum absolute atomic E-state index is 0.116. The Bertz CT molecular complexity index is 1250. The Kier molecular flexibility index (Phi) is 7.95. The van der Waals surface area contributed by atoms with E-state index in [1.807, 2.05) is 90.7 Å². The molecule has 4 rings (SSSR count). The van der Waals surface area contributed by atoms with E-state index in [-0.39, 0.29) is 23.8 Å². The van der Waals surface area contributed by atoms with Crippen LogP contribution in [0, 0.1) is 0 Å². The molecule has 184 valence electrons. The molecule has 0 bridgehead atoms. The lowest BCUT2D eigenvalue weighted by Gasteiger charge is -2.29. The van der Waals surface area contributed by atoms with Crippen molar-refractivity contribution in [3.8, 4) is 0 Å². The molecule has 1 fully saturated rings. The van der Waals surface area contributed by atoms with E-state index in [0.29, 0.717) is 18.7 Å². The number of hydrogen-bond donors (Lipinski definition) is 1. The molecule has 36 heavy (non-hydrogen) atoms. The van der Waals surface area contributed by atoms with Gasteiger partial charge in [0.25, 0.3) is 0 Å². The fraction of sp³-hybridized carbons (Fsp3) is 0.233. The van der Waals surface area contributed by atoms with E-state index in [1.165, 1.54) is 6.92 Å². The van der Waals surface area contributed by atoms with Crippen molar-refractivity contribution in [3.05, 3.63) is 102 Å². The molecule has 3 aromatic carbocycles. The van der Waals surface area contributed by atoms with Crippen molar-refractivity contribution < 1.29 is 14.4 Å². The lowest BCUT2D eigenvalue weighted by atomic mass is 10.0. The van der Waals surface area contributed by atoms with Crippen LogP contribution in [0.4, 0.5) is 11.4 Å². The first-order valence-electron chi connectivity index (χ1n) is 12.2. The highest BCUT2D eigenvalue weighted by Crippen LogP contribution is 2.26. The molecule has 6 nitrogen and oxygen atoms in total. The van der Waals surface area contributed by atoms with Crippen LogP contribution >= 0.6 is 0 Å². The highest BCUT2D eigenvalue weighted by molar-refractivity contribution is 5.95. The van der Waals surface area contributed by atoms with Gasteiger partial charge in [0.1, 0.15) is 0 Å². The van der Waals surface area contributed by atoms with Gasteiger partial charge in [0.15, 0.2) is 0 Å². The van der Waals surface area contributed by atoms with Crippen molar-refractivity contribution in [1.82, 2.24) is 4.90 Å². The summed E-state index contributed by atoms with van der Waals surface area (Å²) >= 11 is 0. The van der Waals surface area contributed by atoms with Crippen molar-refractivity contribution in [3.63, 3.8) is 0 Å². The number of hydrogen-bond acceptors (Lipinski definition) is 3. The van der Waals surface area contributed by atoms with Gasteiger partial charge in [0, 0.05) is 43.9 Å². The third kappa shape index (κ3) is 6.27. The van der Waals surface area contributed by atoms with Gasteiger partial charge in [0.05, 0.1) is 6.04 Å². The second-order valence-electron chi connectivity index (χ2n) is 9.01. The molecule has 0 aliphatic carbocycles. The number of nitrogens with zero attached hydrogens (tertiary/aromatic N) is 2. The van der Waals surface area contributed by atoms with Crippen LogP contribution in [0.5, 0.6) is 0 Å². The lowest BCUT2D eigenvalue weighted by Crippen LogP contribution is -2.31. The van der Waals surface area contributed by atoms with E-state index < -0.39 is 0 Å². The normalized spacial score (nSPS) is 14.2. The molecule has 1 N–H and O–H groups in total. The number of rotatable bonds is 8. The molecule has 1 unspecified atom stereocenters. The van der Waals surface area contributed by atoms with E-state index in [2.05, 4.69) is 5.32 Å². The fourth-order valence-electron chi connectivity index (χ4n) is 4.40. The first-order valence-corrected chi connectivity index (χ1v) is 12.2. The van der Waals surface area contributed by atoms with Gasteiger partial charge in [-0.2, -0.15) is 0 Å². The van der Waals surface area contributed by atoms with Crippen molar-refractivity contribution in [1.29, 1.82) is 0 Å². The van der Waals surface area contributed by atoms with Gasteiger partial charge in [0.2, 0.25) is 17.7 Å². The van der Waals surface area contributed by atoms with E-state index in [4.69, 9.17) is 0 Å². The van der Waals surface area contributed by atoms with Crippen molar-refractivity contribution >= 4 is 35.2 Å². The van der Waals surface area contributed by atoms with Gasteiger partial charge in [-0.1, -0.05) is 54.6 Å². The molecule has 3 amide bonds. The second-order valence-corrected chi connectivity index (χ2v) is 9.01. The maximum atomic E-state index is 13.4. The van der Waals surface area contributed by atoms with Crippen LogP contribution in [0.2, 0.25) is 0 Å². The van der Waals surface area contributed by atoms with Gasteiger partial charge in [-0.15, -0.1) is 0 Å². The zero-order valence-corrected chi connectivity index (χ0v) is 20.7. The van der Waals surface area contributed by atoms with Gasteiger partial charge in [-0.05, 0) is 60.4 Å². The second kappa shape index (κ2) is 11.5. The molecular weight excluding hydrogens is 450 g/mol. The summed E-state index contributed by atoms with van der Waals surface area (Å²) in [6, 6.07) is 24.9. The lowest BCUT2D eigenvalue weighted by molar-refractivity contribution is -0.128. The standard InChI is InChI=1S/C30H31N3O3/c1-22(26-10-6-11-27(20-26)31-23(2)34)33(21-25-8-4-3-5-9-25)30(36)18-15-24-13-16-28(17-14-24)32-19-7-12-29(32)35/h3-6,8-11,13-18,20,22H,7,12,19,21H2,1-2H3,(H,31,34)/b18-15+. The molecule has 1 aliphatic heterocycles. The SMILES string of the molecule is CC(=O)Nc1cccc(C(C)N(Cc2ccccc2)C(=O)/C=C/c2ccc(N3CCCC3=O)cc2)c1. The van der Waals surface area contributed by atoms with Crippen LogP contribution in [-0.2, 0) is 20.9 Å². The summed E-state index contributed by atoms with van der Waals surface area (Å²) in [6.07, 6.45) is 4.88. The molecule has 1 saturated heterocycles. The summed E-state index contributed by atoms with van der Waals surface area (Å²) in [5.74, 6) is -0.100. The largest absolute Gasteiger partial charge is 0.328 e. The van der Waals surface area contributed by atoms with E-state index >= 15 is 0 Å². The van der Waals surface area contributed by atoms with E-state index in [1.54, 1.807) is 17.1 Å². The highest BCUT2D eigenvalue weighted by Gasteiger charge is 2.22. The van der Waals surface area contributed by atoms with Gasteiger partial charge < -0.3 is 15.1 Å². The third-order valence-corrected chi connectivity index (χ3v) is 6.33. The number of nitrogens with one attached hydrogen (secondary N) is 1. The van der Waals surface area contributed by atoms with Crippen LogP contribution in [0.3, 0.4) is 0 Å². The Labute approximate surface area is 212 Å². The Balaban J connectivity index is 1.54. The average molecular weight is 482 g/mol. The predicted molar refractivity (Wildman–Crippen MR) is 143 cm³/mol. The van der Waals surface area contributed by atoms with E-state index in [0.717, 1.165) is 35.3 Å². The number of amides is 3. The van der Waals surface area contributed by atoms with Crippen molar-refractivity contribution in [2.45, 2.75) is 39.3 Å². The summed E-state index contributed by atoms with van der Waals surface area (Å²) in [6.45, 7) is 4.67. The van der Waals surface area contributed by atoms with Crippen molar-refractivity contribution in [2.24, 2.45) is 0 Å². The summed E-state index contributed by atoms with van der Waals surface area (Å²) < 4.78 is 0. The quantitative estimate of drug-likeness (QED) is 0.427. The maximum Gasteiger partial charge on any atom is 0.247 e. The molecule has 0 aromatic heterocycles. The Morgan fingerprint density at radius 1 is 1.03 bits per heavy atom. The molecule has 1 atom stereocenters. The summed E-state index contributed by atoms with van der Waals surface area (Å²) in [5.41, 5.74) is 4.44. The Hall–Kier alpha value is -4.19. The summed E-state index contributed by atoms with van der Waals surface area (Å²) in [5, 5.41) is 2.81. The van der Waals surface area contributed by atoms with E-state index in [9.17, 15) is 14.4 Å². The summed E-state index contributed by atoms with van der Waals surface area (Å²) in [7, 11) is 0. The van der Waals surface area contributed by atoms with Crippen LogP contribution in [-0.4, -0.2) is 29.2 Å². The van der Waals surface area contributed by atoms with Crippen LogP contribution < -0.4 is 10.2 Å². The first kappa shape index (κ1) is 24.9. The topological polar surface area (TPSA) is 69.7 Å². The molecule has 3 aromatic rings. The number of anilines is 2. The maximum absolute atomic E-state index is 13.4. The molecule has 0 radical (unpaired) electrons. The summed E-state index contributed by atoms with van der Waals surface area (Å²) in [4.78, 5) is 40.6. The number of carbonyl (C=O) groups is 3. The van der Waals surface area contributed by atoms with Gasteiger partial charge in [-0.25, -0.2) is 0 Å². The Morgan fingerprint density at radius 3 is 2.44 bits per heavy atom. The molecule has 0 saturated carbocycles. The zero-order valence-electron chi connectivity index (χ0n) is 20.7. The minimum Gasteiger partial charge on any atom is -0.328 e. The van der Waals surface area contributed by atoms with Gasteiger partial charge in [-0.3, -0.25) is 14.4 Å². The Morgan fingerprint density at radius 2 is 1.78 bits per heavy atom. The molecule has 1 heterocycles. The highest BCUT2D eigenvalue weighted by atomic mass is 16.2. The predicted octanol–water partition coefficient (Wildman–Crippen LogP) is 5.58. The average Bonchev–Trinajstić information content (AvgIpc) is 3.32. The fourth-order valence-corrected chi connectivity index (χ4v) is 4.40. The zero-order chi connectivity index (χ0) is 25.5. The smallest absolute Gasteiger partial charge is 0.247 e. The molecule has 1 aliphatic rings. The first-order chi connectivity index (χ1) is 17.4. The number of carbonyl (C=O) groups excluding carboxylic acids is 3. The minimum atomic E-state index is -0.223. The molecular formula is C30H31N3O3. The monoisotopic (exact) mass is 481 g/mol. The number of benzene rings is 3.